The first-order chi connectivity index (χ1) is 8.70. The van der Waals surface area contributed by atoms with Gasteiger partial charge in [-0.15, -0.1) is 0 Å². The van der Waals surface area contributed by atoms with Gasteiger partial charge in [0.25, 0.3) is 0 Å². The number of halogens is 2. The highest BCUT2D eigenvalue weighted by atomic mass is 35.5. The molecule has 0 atom stereocenters. The molecule has 0 amide bonds. The molecule has 0 unspecified atom stereocenters. The van der Waals surface area contributed by atoms with Gasteiger partial charge in [0, 0.05) is 23.3 Å². The van der Waals surface area contributed by atoms with Crippen LogP contribution < -0.4 is 5.32 Å². The van der Waals surface area contributed by atoms with Gasteiger partial charge in [-0.1, -0.05) is 18.5 Å². The molecule has 1 aromatic carbocycles. The van der Waals surface area contributed by atoms with Crippen molar-refractivity contribution in [3.63, 3.8) is 0 Å². The molecule has 0 saturated carbocycles. The fraction of sp³-hybridized carbons (Fsp3) is 0.308. The summed E-state index contributed by atoms with van der Waals surface area (Å²) >= 11 is 5.87. The van der Waals surface area contributed by atoms with Crippen molar-refractivity contribution in [1.82, 2.24) is 15.1 Å². The van der Waals surface area contributed by atoms with E-state index < -0.39 is 0 Å². The molecule has 1 aromatic heterocycles. The maximum atomic E-state index is 13.6. The van der Waals surface area contributed by atoms with Crippen LogP contribution >= 0.6 is 11.6 Å². The van der Waals surface area contributed by atoms with Crippen LogP contribution in [0, 0.1) is 5.82 Å². The Morgan fingerprint density at radius 1 is 1.39 bits per heavy atom. The van der Waals surface area contributed by atoms with Crippen molar-refractivity contribution in [1.29, 1.82) is 0 Å². The number of rotatable bonds is 5. The van der Waals surface area contributed by atoms with E-state index in [4.69, 9.17) is 11.6 Å². The van der Waals surface area contributed by atoms with Crippen molar-refractivity contribution in [2.75, 3.05) is 6.54 Å². The van der Waals surface area contributed by atoms with Gasteiger partial charge in [-0.25, -0.2) is 4.39 Å². The Bertz CT molecular complexity index is 525. The second-order valence-electron chi connectivity index (χ2n) is 4.00. The lowest BCUT2D eigenvalue weighted by Crippen LogP contribution is -2.16. The van der Waals surface area contributed by atoms with E-state index in [2.05, 4.69) is 10.4 Å². The van der Waals surface area contributed by atoms with Crippen molar-refractivity contribution in [2.45, 2.75) is 20.0 Å². The Hall–Kier alpha value is -1.39. The van der Waals surface area contributed by atoms with E-state index >= 15 is 0 Å². The van der Waals surface area contributed by atoms with Gasteiger partial charge >= 0.3 is 0 Å². The summed E-state index contributed by atoms with van der Waals surface area (Å²) in [6, 6.07) is 6.48. The average Bonchev–Trinajstić information content (AvgIpc) is 2.79. The number of hydrogen-bond acceptors (Lipinski definition) is 2. The normalized spacial score (nSPS) is 10.8. The molecule has 1 heterocycles. The molecular weight excluding hydrogens is 253 g/mol. The predicted octanol–water partition coefficient (Wildman–Crippen LogP) is 2.83. The van der Waals surface area contributed by atoms with Gasteiger partial charge in [-0.2, -0.15) is 5.10 Å². The van der Waals surface area contributed by atoms with Gasteiger partial charge in [0.2, 0.25) is 0 Å². The molecule has 0 aliphatic carbocycles. The zero-order valence-electron chi connectivity index (χ0n) is 10.2. The van der Waals surface area contributed by atoms with Crippen LogP contribution in [0.3, 0.4) is 0 Å². The molecule has 0 spiro atoms. The fourth-order valence-corrected chi connectivity index (χ4v) is 1.93. The van der Waals surface area contributed by atoms with Crippen LogP contribution in [0.1, 0.15) is 18.2 Å². The first-order valence-electron chi connectivity index (χ1n) is 5.86. The van der Waals surface area contributed by atoms with E-state index in [1.807, 2.05) is 13.0 Å². The molecular formula is C13H15ClFN3. The summed E-state index contributed by atoms with van der Waals surface area (Å²) in [5.74, 6) is -0.260. The van der Waals surface area contributed by atoms with E-state index in [1.54, 1.807) is 23.0 Å². The molecule has 18 heavy (non-hydrogen) atoms. The third-order valence-corrected chi connectivity index (χ3v) is 2.92. The molecule has 0 aliphatic heterocycles. The minimum atomic E-state index is -0.260. The van der Waals surface area contributed by atoms with Gasteiger partial charge in [0.15, 0.2) is 0 Å². The molecule has 2 aromatic rings. The van der Waals surface area contributed by atoms with Crippen LogP contribution in [-0.4, -0.2) is 16.3 Å². The maximum Gasteiger partial charge on any atom is 0.128 e. The average molecular weight is 268 g/mol. The van der Waals surface area contributed by atoms with E-state index in [0.29, 0.717) is 17.1 Å². The van der Waals surface area contributed by atoms with Gasteiger partial charge in [-0.05, 0) is 30.8 Å². The Morgan fingerprint density at radius 3 is 3.00 bits per heavy atom. The molecule has 1 N–H and O–H groups in total. The van der Waals surface area contributed by atoms with Crippen LogP contribution in [0.25, 0.3) is 0 Å². The largest absolute Gasteiger partial charge is 0.311 e. The number of nitrogens with one attached hydrogen (secondary N) is 1. The number of nitrogens with zero attached hydrogens (tertiary/aromatic N) is 2. The summed E-state index contributed by atoms with van der Waals surface area (Å²) in [5, 5.41) is 7.96. The highest BCUT2D eigenvalue weighted by Gasteiger charge is 2.07. The predicted molar refractivity (Wildman–Crippen MR) is 70.1 cm³/mol. The van der Waals surface area contributed by atoms with Crippen LogP contribution in [-0.2, 0) is 13.1 Å². The molecule has 2 rings (SSSR count). The highest BCUT2D eigenvalue weighted by molar-refractivity contribution is 6.30. The SMILES string of the molecule is CCNCc1ccnn1Cc1cc(Cl)ccc1F. The van der Waals surface area contributed by atoms with E-state index in [-0.39, 0.29) is 5.82 Å². The highest BCUT2D eigenvalue weighted by Crippen LogP contribution is 2.16. The van der Waals surface area contributed by atoms with E-state index in [9.17, 15) is 4.39 Å². The molecule has 0 radical (unpaired) electrons. The lowest BCUT2D eigenvalue weighted by atomic mass is 10.2. The lowest BCUT2D eigenvalue weighted by Gasteiger charge is -2.09. The topological polar surface area (TPSA) is 29.9 Å². The van der Waals surface area contributed by atoms with Crippen molar-refractivity contribution in [2.24, 2.45) is 0 Å². The van der Waals surface area contributed by atoms with Crippen LogP contribution in [0.5, 0.6) is 0 Å². The number of benzene rings is 1. The Labute approximate surface area is 111 Å². The third kappa shape index (κ3) is 3.09. The fourth-order valence-electron chi connectivity index (χ4n) is 1.73. The summed E-state index contributed by atoms with van der Waals surface area (Å²) in [7, 11) is 0. The summed E-state index contributed by atoms with van der Waals surface area (Å²) in [6.07, 6.45) is 1.72. The Kier molecular flexibility index (Phi) is 4.33. The standard InChI is InChI=1S/C13H15ClFN3/c1-2-16-8-12-5-6-17-18(12)9-10-7-11(14)3-4-13(10)15/h3-7,16H,2,8-9H2,1H3. The Morgan fingerprint density at radius 2 is 2.22 bits per heavy atom. The zero-order chi connectivity index (χ0) is 13.0. The lowest BCUT2D eigenvalue weighted by molar-refractivity contribution is 0.564. The second-order valence-corrected chi connectivity index (χ2v) is 4.43. The maximum absolute atomic E-state index is 13.6. The monoisotopic (exact) mass is 267 g/mol. The quantitative estimate of drug-likeness (QED) is 0.903. The minimum Gasteiger partial charge on any atom is -0.311 e. The smallest absolute Gasteiger partial charge is 0.128 e. The summed E-state index contributed by atoms with van der Waals surface area (Å²) in [5.41, 5.74) is 1.57. The summed E-state index contributed by atoms with van der Waals surface area (Å²) in [6.45, 7) is 4.03. The molecule has 0 bridgehead atoms. The van der Waals surface area contributed by atoms with Crippen molar-refractivity contribution in [3.8, 4) is 0 Å². The molecule has 96 valence electrons. The molecule has 0 fully saturated rings. The van der Waals surface area contributed by atoms with Crippen LogP contribution in [0.4, 0.5) is 4.39 Å². The minimum absolute atomic E-state index is 0.260. The van der Waals surface area contributed by atoms with Gasteiger partial charge in [0.1, 0.15) is 5.82 Å². The summed E-state index contributed by atoms with van der Waals surface area (Å²) < 4.78 is 15.4. The van der Waals surface area contributed by atoms with E-state index in [1.165, 1.54) is 6.07 Å². The van der Waals surface area contributed by atoms with E-state index in [0.717, 1.165) is 18.8 Å². The van der Waals surface area contributed by atoms with Crippen molar-refractivity contribution in [3.05, 3.63) is 52.6 Å². The Balaban J connectivity index is 2.18. The molecule has 0 saturated heterocycles. The second kappa shape index (κ2) is 5.98. The number of hydrogen-bond donors (Lipinski definition) is 1. The van der Waals surface area contributed by atoms with Gasteiger partial charge in [-0.3, -0.25) is 4.68 Å². The third-order valence-electron chi connectivity index (χ3n) is 2.69. The summed E-state index contributed by atoms with van der Waals surface area (Å²) in [4.78, 5) is 0. The zero-order valence-corrected chi connectivity index (χ0v) is 10.9. The van der Waals surface area contributed by atoms with Crippen molar-refractivity contribution < 1.29 is 4.39 Å². The molecule has 5 heteroatoms. The number of aromatic nitrogens is 2. The van der Waals surface area contributed by atoms with Gasteiger partial charge in [0.05, 0.1) is 12.2 Å². The molecule has 0 aliphatic rings. The van der Waals surface area contributed by atoms with Crippen LogP contribution in [0.2, 0.25) is 5.02 Å². The molecule has 3 nitrogen and oxygen atoms in total. The van der Waals surface area contributed by atoms with Crippen LogP contribution in [0.15, 0.2) is 30.5 Å². The first-order valence-corrected chi connectivity index (χ1v) is 6.24. The first kappa shape index (κ1) is 13.1. The van der Waals surface area contributed by atoms with Gasteiger partial charge < -0.3 is 5.32 Å². The van der Waals surface area contributed by atoms with Crippen molar-refractivity contribution >= 4 is 11.6 Å².